The van der Waals surface area contributed by atoms with E-state index in [0.717, 1.165) is 98.3 Å². The largest absolute Gasteiger partial charge is 0.489 e. The molecule has 0 radical (unpaired) electrons. The van der Waals surface area contributed by atoms with E-state index >= 15 is 4.79 Å². The number of aromatic nitrogens is 1. The van der Waals surface area contributed by atoms with Crippen molar-refractivity contribution in [2.75, 3.05) is 51.3 Å². The van der Waals surface area contributed by atoms with Gasteiger partial charge in [-0.1, -0.05) is 54.6 Å². The Kier molecular flexibility index (Phi) is 10.4. The van der Waals surface area contributed by atoms with E-state index < -0.39 is 0 Å². The number of nitrogens with one attached hydrogen (secondary N) is 1. The maximum atomic E-state index is 15.1. The average molecular weight is 724 g/mol. The number of carbonyl (C=O) groups is 2. The maximum absolute atomic E-state index is 15.1. The SMILES string of the molecule is Cc1c(C(=O)N(C)c2ccc(OCc3ccccc3)cc2)cc(-c2cc3c(cc2C(=O)N2Cc4ccccc4C[C@H]2CN2CCOCC2)CNCC3)n1C. The van der Waals surface area contributed by atoms with Gasteiger partial charge in [0.2, 0.25) is 0 Å². The highest BCUT2D eigenvalue weighted by Gasteiger charge is 2.34. The van der Waals surface area contributed by atoms with E-state index in [1.54, 1.807) is 11.9 Å². The predicted molar refractivity (Wildman–Crippen MR) is 212 cm³/mol. The smallest absolute Gasteiger partial charge is 0.259 e. The van der Waals surface area contributed by atoms with Crippen LogP contribution >= 0.6 is 0 Å². The summed E-state index contributed by atoms with van der Waals surface area (Å²) in [5.74, 6) is 0.663. The fourth-order valence-electron chi connectivity index (χ4n) is 8.13. The van der Waals surface area contributed by atoms with Gasteiger partial charge in [-0.25, -0.2) is 0 Å². The lowest BCUT2D eigenvalue weighted by molar-refractivity contribution is 0.0193. The number of ether oxygens (including phenoxy) is 2. The Bertz CT molecular complexity index is 2140. The van der Waals surface area contributed by atoms with Crippen LogP contribution < -0.4 is 15.0 Å². The molecule has 0 aliphatic carbocycles. The first-order valence-electron chi connectivity index (χ1n) is 19.1. The van der Waals surface area contributed by atoms with Crippen LogP contribution in [0.15, 0.2) is 97.1 Å². The third-order valence-corrected chi connectivity index (χ3v) is 11.5. The number of hydrogen-bond donors (Lipinski definition) is 1. The van der Waals surface area contributed by atoms with E-state index in [1.165, 1.54) is 16.7 Å². The predicted octanol–water partition coefficient (Wildman–Crippen LogP) is 6.40. The van der Waals surface area contributed by atoms with Crippen molar-refractivity contribution in [1.82, 2.24) is 19.7 Å². The van der Waals surface area contributed by atoms with Crippen molar-refractivity contribution < 1.29 is 19.1 Å². The molecule has 1 aromatic heterocycles. The van der Waals surface area contributed by atoms with Gasteiger partial charge >= 0.3 is 0 Å². The van der Waals surface area contributed by atoms with Crippen LogP contribution in [0.3, 0.4) is 0 Å². The lowest BCUT2D eigenvalue weighted by Crippen LogP contribution is -2.52. The van der Waals surface area contributed by atoms with Gasteiger partial charge < -0.3 is 29.2 Å². The molecule has 1 fully saturated rings. The summed E-state index contributed by atoms with van der Waals surface area (Å²) in [5.41, 5.74) is 10.7. The first-order chi connectivity index (χ1) is 26.3. The van der Waals surface area contributed by atoms with Crippen molar-refractivity contribution in [3.8, 4) is 17.0 Å². The molecule has 0 spiro atoms. The van der Waals surface area contributed by atoms with E-state index in [9.17, 15) is 4.79 Å². The first kappa shape index (κ1) is 35.8. The summed E-state index contributed by atoms with van der Waals surface area (Å²) in [6.07, 6.45) is 1.70. The highest BCUT2D eigenvalue weighted by Crippen LogP contribution is 2.35. The molecule has 5 aromatic rings. The molecule has 4 aromatic carbocycles. The van der Waals surface area contributed by atoms with Crippen LogP contribution in [-0.4, -0.2) is 78.7 Å². The van der Waals surface area contributed by atoms with E-state index in [2.05, 4.69) is 56.1 Å². The third-order valence-electron chi connectivity index (χ3n) is 11.5. The number of rotatable bonds is 9. The summed E-state index contributed by atoms with van der Waals surface area (Å²) < 4.78 is 13.7. The highest BCUT2D eigenvalue weighted by molar-refractivity contribution is 6.08. The summed E-state index contributed by atoms with van der Waals surface area (Å²) >= 11 is 0. The molecule has 0 saturated carbocycles. The van der Waals surface area contributed by atoms with Gasteiger partial charge in [0.25, 0.3) is 11.8 Å². The average Bonchev–Trinajstić information content (AvgIpc) is 3.52. The van der Waals surface area contributed by atoms with Crippen molar-refractivity contribution >= 4 is 17.5 Å². The van der Waals surface area contributed by atoms with Crippen LogP contribution in [0.2, 0.25) is 0 Å². The quantitative estimate of drug-likeness (QED) is 0.190. The van der Waals surface area contributed by atoms with Gasteiger partial charge in [0, 0.05) is 81.1 Å². The molecular formula is C45H49N5O4. The minimum atomic E-state index is -0.111. The zero-order chi connectivity index (χ0) is 37.2. The Morgan fingerprint density at radius 1 is 0.870 bits per heavy atom. The summed E-state index contributed by atoms with van der Waals surface area (Å²) in [6, 6.07) is 32.5. The number of amides is 2. The van der Waals surface area contributed by atoms with E-state index in [-0.39, 0.29) is 17.9 Å². The zero-order valence-electron chi connectivity index (χ0n) is 31.5. The Hall–Kier alpha value is -5.22. The molecule has 3 aliphatic heterocycles. The molecule has 9 heteroatoms. The molecule has 0 unspecified atom stereocenters. The third kappa shape index (κ3) is 7.31. The number of anilines is 1. The molecule has 3 aliphatic rings. The second kappa shape index (κ2) is 15.6. The molecular weight excluding hydrogens is 675 g/mol. The van der Waals surface area contributed by atoms with Crippen LogP contribution in [0.4, 0.5) is 5.69 Å². The first-order valence-corrected chi connectivity index (χ1v) is 19.1. The van der Waals surface area contributed by atoms with Gasteiger partial charge in [-0.2, -0.15) is 0 Å². The van der Waals surface area contributed by atoms with E-state index in [1.807, 2.05) is 74.6 Å². The molecule has 2 amide bonds. The van der Waals surface area contributed by atoms with Crippen molar-refractivity contribution in [2.24, 2.45) is 7.05 Å². The summed E-state index contributed by atoms with van der Waals surface area (Å²) in [5, 5.41) is 3.50. The number of carbonyl (C=O) groups excluding carboxylic acids is 2. The highest BCUT2D eigenvalue weighted by atomic mass is 16.5. The fraction of sp³-hybridized carbons (Fsp3) is 0.333. The van der Waals surface area contributed by atoms with Crippen molar-refractivity contribution in [2.45, 2.75) is 45.5 Å². The topological polar surface area (TPSA) is 79.3 Å². The number of benzene rings is 4. The molecule has 54 heavy (non-hydrogen) atoms. The number of fused-ring (bicyclic) bond motifs is 2. The molecule has 4 heterocycles. The fourth-order valence-corrected chi connectivity index (χ4v) is 8.13. The zero-order valence-corrected chi connectivity index (χ0v) is 31.5. The van der Waals surface area contributed by atoms with Crippen LogP contribution in [-0.2, 0) is 44.3 Å². The van der Waals surface area contributed by atoms with Crippen molar-refractivity contribution in [3.63, 3.8) is 0 Å². The number of morpholine rings is 1. The van der Waals surface area contributed by atoms with Gasteiger partial charge in [-0.15, -0.1) is 0 Å². The number of hydrogen-bond acceptors (Lipinski definition) is 6. The molecule has 0 bridgehead atoms. The second-order valence-corrected chi connectivity index (χ2v) is 14.8. The van der Waals surface area contributed by atoms with Gasteiger partial charge in [-0.05, 0) is 96.6 Å². The minimum absolute atomic E-state index is 0.0311. The Balaban J connectivity index is 1.10. The van der Waals surface area contributed by atoms with Gasteiger partial charge in [-0.3, -0.25) is 14.5 Å². The molecule has 8 rings (SSSR count). The monoisotopic (exact) mass is 723 g/mol. The van der Waals surface area contributed by atoms with Crippen molar-refractivity contribution in [3.05, 3.63) is 142 Å². The summed E-state index contributed by atoms with van der Waals surface area (Å²) in [6.45, 7) is 8.63. The molecule has 9 nitrogen and oxygen atoms in total. The van der Waals surface area contributed by atoms with Gasteiger partial charge in [0.05, 0.1) is 18.8 Å². The van der Waals surface area contributed by atoms with Crippen LogP contribution in [0.1, 0.15) is 54.2 Å². The molecule has 1 N–H and O–H groups in total. The normalized spacial score (nSPS) is 17.1. The molecule has 1 atom stereocenters. The van der Waals surface area contributed by atoms with Gasteiger partial charge in [0.15, 0.2) is 0 Å². The Labute approximate surface area is 318 Å². The van der Waals surface area contributed by atoms with Crippen LogP contribution in [0.5, 0.6) is 5.75 Å². The lowest BCUT2D eigenvalue weighted by atomic mass is 9.89. The second-order valence-electron chi connectivity index (χ2n) is 14.8. The minimum Gasteiger partial charge on any atom is -0.489 e. The standard InChI is InChI=1S/C45H49N5O4/c1-31-40(44(51)48(3)37-13-15-39(16-14-37)54-30-32-9-5-4-6-10-32)26-43(47(31)2)41-24-34-17-18-46-27-36(34)25-42(41)45(52)50-28-35-12-8-7-11-33(35)23-38(50)29-49-19-21-53-22-20-49/h4-16,24-26,38,46H,17-23,27-30H2,1-3H3/t38-/m0/s1. The number of nitrogens with zero attached hydrogens (tertiary/aromatic N) is 4. The van der Waals surface area contributed by atoms with E-state index in [4.69, 9.17) is 9.47 Å². The Morgan fingerprint density at radius 3 is 2.39 bits per heavy atom. The Morgan fingerprint density at radius 2 is 1.61 bits per heavy atom. The van der Waals surface area contributed by atoms with Crippen LogP contribution in [0.25, 0.3) is 11.3 Å². The van der Waals surface area contributed by atoms with E-state index in [0.29, 0.717) is 24.3 Å². The van der Waals surface area contributed by atoms with Gasteiger partial charge in [0.1, 0.15) is 12.4 Å². The lowest BCUT2D eigenvalue weighted by Gasteiger charge is -2.41. The molecule has 1 saturated heterocycles. The van der Waals surface area contributed by atoms with Crippen molar-refractivity contribution in [1.29, 1.82) is 0 Å². The maximum Gasteiger partial charge on any atom is 0.259 e. The molecule has 278 valence electrons. The summed E-state index contributed by atoms with van der Waals surface area (Å²) in [7, 11) is 3.80. The summed E-state index contributed by atoms with van der Waals surface area (Å²) in [4.78, 5) is 35.5. The van der Waals surface area contributed by atoms with Crippen LogP contribution in [0, 0.1) is 6.92 Å².